The van der Waals surface area contributed by atoms with Crippen LogP contribution in [0.25, 0.3) is 10.8 Å². The van der Waals surface area contributed by atoms with Crippen LogP contribution >= 0.6 is 12.6 Å². The van der Waals surface area contributed by atoms with Crippen molar-refractivity contribution in [2.75, 3.05) is 0 Å². The molecule has 0 N–H and O–H groups in total. The number of rotatable bonds is 5. The third-order valence-corrected chi connectivity index (χ3v) is 4.32. The van der Waals surface area contributed by atoms with Gasteiger partial charge in [-0.1, -0.05) is 66.7 Å². The minimum Gasteiger partial charge on any atom is -0.294 e. The number of hydrogen-bond acceptors (Lipinski definition) is 2. The summed E-state index contributed by atoms with van der Waals surface area (Å²) in [6.45, 7) is 0. The molecule has 0 unspecified atom stereocenters. The Bertz CT molecular complexity index is 785. The quantitative estimate of drug-likeness (QED) is 0.513. The van der Waals surface area contributed by atoms with Crippen molar-refractivity contribution < 1.29 is 4.79 Å². The summed E-state index contributed by atoms with van der Waals surface area (Å²) in [5.41, 5.74) is 3.15. The zero-order valence-corrected chi connectivity index (χ0v) is 13.2. The van der Waals surface area contributed by atoms with Gasteiger partial charge in [0.05, 0.1) is 0 Å². The summed E-state index contributed by atoms with van der Waals surface area (Å²) in [7, 11) is 0. The first-order valence-electron chi connectivity index (χ1n) is 7.47. The van der Waals surface area contributed by atoms with Crippen molar-refractivity contribution in [3.8, 4) is 0 Å². The summed E-state index contributed by atoms with van der Waals surface area (Å²) >= 11 is 4.23. The van der Waals surface area contributed by atoms with Crippen molar-refractivity contribution in [1.82, 2.24) is 0 Å². The van der Waals surface area contributed by atoms with E-state index in [1.54, 1.807) is 0 Å². The van der Waals surface area contributed by atoms with Crippen LogP contribution < -0.4 is 0 Å². The molecule has 0 heterocycles. The lowest BCUT2D eigenvalue weighted by atomic mass is 9.98. The Hall–Kier alpha value is -2.06. The Kier molecular flexibility index (Phi) is 4.59. The molecule has 0 saturated heterocycles. The number of ketones is 1. The molecule has 0 fully saturated rings. The van der Waals surface area contributed by atoms with Gasteiger partial charge >= 0.3 is 0 Å². The molecule has 0 aliphatic heterocycles. The summed E-state index contributed by atoms with van der Waals surface area (Å²) in [4.78, 5) is 12.3. The summed E-state index contributed by atoms with van der Waals surface area (Å²) in [6.07, 6.45) is 1.31. The summed E-state index contributed by atoms with van der Waals surface area (Å²) in [6, 6.07) is 22.3. The highest BCUT2D eigenvalue weighted by Gasteiger charge is 2.07. The molecule has 3 aromatic carbocycles. The van der Waals surface area contributed by atoms with Crippen LogP contribution in [0.5, 0.6) is 0 Å². The fraction of sp³-hybridized carbons (Fsp3) is 0.150. The first kappa shape index (κ1) is 14.9. The van der Waals surface area contributed by atoms with E-state index in [2.05, 4.69) is 43.0 Å². The van der Waals surface area contributed by atoms with Crippen LogP contribution in [0.2, 0.25) is 0 Å². The number of Topliss-reactive ketones (excluding diaryl/α,β-unsaturated/α-hetero) is 1. The van der Waals surface area contributed by atoms with Gasteiger partial charge in [-0.3, -0.25) is 4.79 Å². The molecule has 0 bridgehead atoms. The molecule has 3 aromatic rings. The molecule has 1 nitrogen and oxygen atoms in total. The van der Waals surface area contributed by atoms with Crippen molar-refractivity contribution in [1.29, 1.82) is 0 Å². The van der Waals surface area contributed by atoms with E-state index >= 15 is 0 Å². The van der Waals surface area contributed by atoms with Gasteiger partial charge in [-0.25, -0.2) is 0 Å². The van der Waals surface area contributed by atoms with Crippen LogP contribution in [0.3, 0.4) is 0 Å². The van der Waals surface area contributed by atoms with E-state index in [1.165, 1.54) is 16.3 Å². The third-order valence-electron chi connectivity index (χ3n) is 3.96. The molecule has 0 amide bonds. The molecule has 2 heteroatoms. The van der Waals surface area contributed by atoms with Gasteiger partial charge in [0.1, 0.15) is 0 Å². The first-order chi connectivity index (χ1) is 10.8. The van der Waals surface area contributed by atoms with Gasteiger partial charge in [-0.15, -0.1) is 0 Å². The van der Waals surface area contributed by atoms with Gasteiger partial charge < -0.3 is 0 Å². The highest BCUT2D eigenvalue weighted by atomic mass is 32.1. The smallest absolute Gasteiger partial charge is 0.163 e. The van der Waals surface area contributed by atoms with Gasteiger partial charge in [0.25, 0.3) is 0 Å². The zero-order valence-electron chi connectivity index (χ0n) is 12.3. The summed E-state index contributed by atoms with van der Waals surface area (Å²) in [5, 5.41) is 2.47. The molecule has 0 atom stereocenters. The van der Waals surface area contributed by atoms with Crippen LogP contribution in [0.15, 0.2) is 66.7 Å². The van der Waals surface area contributed by atoms with Gasteiger partial charge in [0.2, 0.25) is 0 Å². The number of benzene rings is 3. The van der Waals surface area contributed by atoms with Gasteiger partial charge in [-0.05, 0) is 28.3 Å². The minimum absolute atomic E-state index is 0.193. The van der Waals surface area contributed by atoms with Gasteiger partial charge in [0, 0.05) is 17.7 Å². The number of hydrogen-bond donors (Lipinski definition) is 1. The monoisotopic (exact) mass is 306 g/mol. The second-order valence-electron chi connectivity index (χ2n) is 5.42. The maximum atomic E-state index is 12.3. The number of thiol groups is 1. The summed E-state index contributed by atoms with van der Waals surface area (Å²) in [5.74, 6) is 0.892. The molecule has 0 spiro atoms. The van der Waals surface area contributed by atoms with E-state index in [0.29, 0.717) is 12.2 Å². The van der Waals surface area contributed by atoms with Crippen molar-refractivity contribution in [2.45, 2.75) is 18.6 Å². The second kappa shape index (κ2) is 6.80. The Morgan fingerprint density at radius 2 is 1.59 bits per heavy atom. The minimum atomic E-state index is 0.193. The molecule has 0 aromatic heterocycles. The van der Waals surface area contributed by atoms with E-state index in [4.69, 9.17) is 0 Å². The second-order valence-corrected chi connectivity index (χ2v) is 5.73. The third kappa shape index (κ3) is 3.23. The normalized spacial score (nSPS) is 10.8. The lowest BCUT2D eigenvalue weighted by Gasteiger charge is -2.06. The Morgan fingerprint density at radius 1 is 0.864 bits per heavy atom. The van der Waals surface area contributed by atoms with Crippen molar-refractivity contribution in [3.63, 3.8) is 0 Å². The zero-order chi connectivity index (χ0) is 15.4. The van der Waals surface area contributed by atoms with Crippen LogP contribution in [0.4, 0.5) is 0 Å². The first-order valence-corrected chi connectivity index (χ1v) is 8.11. The predicted octanol–water partition coefficient (Wildman–Crippen LogP) is 5.09. The SMILES string of the molecule is O=C(CCc1cccc2ccccc12)c1ccc(CS)cc1. The average molecular weight is 306 g/mol. The molecule has 110 valence electrons. The van der Waals surface area contributed by atoms with Crippen molar-refractivity contribution >= 4 is 29.2 Å². The van der Waals surface area contributed by atoms with Crippen molar-refractivity contribution in [3.05, 3.63) is 83.4 Å². The molecule has 3 rings (SSSR count). The van der Waals surface area contributed by atoms with Crippen molar-refractivity contribution in [2.24, 2.45) is 0 Å². The van der Waals surface area contributed by atoms with Crippen LogP contribution in [0, 0.1) is 0 Å². The maximum absolute atomic E-state index is 12.3. The number of carbonyl (C=O) groups excluding carboxylic acids is 1. The Morgan fingerprint density at radius 3 is 2.36 bits per heavy atom. The van der Waals surface area contributed by atoms with Crippen LogP contribution in [0.1, 0.15) is 27.9 Å². The largest absolute Gasteiger partial charge is 0.294 e. The van der Waals surface area contributed by atoms with E-state index in [9.17, 15) is 4.79 Å². The number of carbonyl (C=O) groups is 1. The Balaban J connectivity index is 1.74. The molecule has 0 radical (unpaired) electrons. The molecule has 0 aliphatic rings. The molecule has 0 aliphatic carbocycles. The topological polar surface area (TPSA) is 17.1 Å². The van der Waals surface area contributed by atoms with E-state index in [1.807, 2.05) is 36.4 Å². The fourth-order valence-electron chi connectivity index (χ4n) is 2.70. The van der Waals surface area contributed by atoms with E-state index in [0.717, 1.165) is 17.5 Å². The van der Waals surface area contributed by atoms with Gasteiger partial charge in [0.15, 0.2) is 5.78 Å². The molecular weight excluding hydrogens is 288 g/mol. The average Bonchev–Trinajstić information content (AvgIpc) is 2.59. The number of aryl methyl sites for hydroxylation is 1. The van der Waals surface area contributed by atoms with E-state index in [-0.39, 0.29) is 5.78 Å². The standard InChI is InChI=1S/C20H18OS/c21-20(18-10-8-15(14-22)9-11-18)13-12-17-6-3-5-16-4-1-2-7-19(16)17/h1-11,22H,12-14H2. The molecule has 22 heavy (non-hydrogen) atoms. The fourth-order valence-corrected chi connectivity index (χ4v) is 2.91. The highest BCUT2D eigenvalue weighted by Crippen LogP contribution is 2.20. The highest BCUT2D eigenvalue weighted by molar-refractivity contribution is 7.79. The lowest BCUT2D eigenvalue weighted by molar-refractivity contribution is 0.0983. The maximum Gasteiger partial charge on any atom is 0.163 e. The van der Waals surface area contributed by atoms with Crippen LogP contribution in [-0.4, -0.2) is 5.78 Å². The lowest BCUT2D eigenvalue weighted by Crippen LogP contribution is -2.01. The Labute approximate surface area is 136 Å². The summed E-state index contributed by atoms with van der Waals surface area (Å²) < 4.78 is 0. The van der Waals surface area contributed by atoms with Crippen LogP contribution in [-0.2, 0) is 12.2 Å². The molecular formula is C20H18OS. The van der Waals surface area contributed by atoms with Gasteiger partial charge in [-0.2, -0.15) is 12.6 Å². The van der Waals surface area contributed by atoms with E-state index < -0.39 is 0 Å². The molecule has 0 saturated carbocycles. The number of fused-ring (bicyclic) bond motifs is 1. The predicted molar refractivity (Wildman–Crippen MR) is 95.7 cm³/mol.